The van der Waals surface area contributed by atoms with Gasteiger partial charge in [-0.2, -0.15) is 0 Å². The normalized spacial score (nSPS) is 23.8. The zero-order chi connectivity index (χ0) is 13.1. The predicted molar refractivity (Wildman–Crippen MR) is 71.0 cm³/mol. The summed E-state index contributed by atoms with van der Waals surface area (Å²) in [6.45, 7) is 5.30. The summed E-state index contributed by atoms with van der Waals surface area (Å²) in [5.41, 5.74) is 0. The van der Waals surface area contributed by atoms with Crippen molar-refractivity contribution in [2.75, 3.05) is 24.6 Å². The molecule has 2 heterocycles. The van der Waals surface area contributed by atoms with E-state index in [2.05, 4.69) is 20.4 Å². The number of ether oxygens (including phenoxy) is 1. The van der Waals surface area contributed by atoms with Crippen LogP contribution >= 0.6 is 0 Å². The Morgan fingerprint density at radius 3 is 3.05 bits per heavy atom. The van der Waals surface area contributed by atoms with Crippen molar-refractivity contribution in [2.45, 2.75) is 51.3 Å². The van der Waals surface area contributed by atoms with Crippen LogP contribution in [0.5, 0.6) is 0 Å². The summed E-state index contributed by atoms with van der Waals surface area (Å²) in [5, 5.41) is 11.6. The van der Waals surface area contributed by atoms with Crippen molar-refractivity contribution in [2.24, 2.45) is 0 Å². The van der Waals surface area contributed by atoms with Crippen LogP contribution in [0.3, 0.4) is 0 Å². The predicted octanol–water partition coefficient (Wildman–Crippen LogP) is 1.33. The maximum absolute atomic E-state index is 5.71. The lowest BCUT2D eigenvalue weighted by atomic mass is 10.1. The average Bonchev–Trinajstić information content (AvgIpc) is 3.14. The van der Waals surface area contributed by atoms with Crippen molar-refractivity contribution in [1.29, 1.82) is 0 Å². The number of rotatable bonds is 6. The molecule has 1 aromatic heterocycles. The molecule has 2 aliphatic rings. The Morgan fingerprint density at radius 1 is 1.37 bits per heavy atom. The van der Waals surface area contributed by atoms with Gasteiger partial charge in [-0.3, -0.25) is 0 Å². The first-order chi connectivity index (χ1) is 9.35. The number of anilines is 1. The lowest BCUT2D eigenvalue weighted by Gasteiger charge is -2.30. The second-order valence-corrected chi connectivity index (χ2v) is 5.30. The standard InChI is InChI=1S/C13H22N4O2/c1-2-18-11-4-3-7-17(9-11)13-16-15-12(19-13)8-14-10-5-6-10/h10-11,14H,2-9H2,1H3. The molecule has 1 aromatic rings. The Hall–Kier alpha value is -1.14. The highest BCUT2D eigenvalue weighted by Crippen LogP contribution is 2.22. The molecule has 19 heavy (non-hydrogen) atoms. The van der Waals surface area contributed by atoms with Crippen LogP contribution in [0.1, 0.15) is 38.5 Å². The first-order valence-corrected chi connectivity index (χ1v) is 7.27. The fourth-order valence-electron chi connectivity index (χ4n) is 2.45. The molecule has 2 fully saturated rings. The highest BCUT2D eigenvalue weighted by Gasteiger charge is 2.25. The third-order valence-electron chi connectivity index (χ3n) is 3.63. The van der Waals surface area contributed by atoms with Gasteiger partial charge in [0.15, 0.2) is 0 Å². The van der Waals surface area contributed by atoms with Crippen LogP contribution in [-0.2, 0) is 11.3 Å². The summed E-state index contributed by atoms with van der Waals surface area (Å²) in [7, 11) is 0. The van der Waals surface area contributed by atoms with Gasteiger partial charge in [-0.1, -0.05) is 5.10 Å². The van der Waals surface area contributed by atoms with Gasteiger partial charge >= 0.3 is 6.01 Å². The minimum absolute atomic E-state index is 0.290. The molecule has 0 bridgehead atoms. The van der Waals surface area contributed by atoms with E-state index in [0.29, 0.717) is 30.6 Å². The van der Waals surface area contributed by atoms with Gasteiger partial charge in [0, 0.05) is 25.7 Å². The van der Waals surface area contributed by atoms with Gasteiger partial charge in [-0.05, 0) is 32.6 Å². The summed E-state index contributed by atoms with van der Waals surface area (Å²) in [6.07, 6.45) is 5.06. The second kappa shape index (κ2) is 5.88. The van der Waals surface area contributed by atoms with Gasteiger partial charge in [0.2, 0.25) is 5.89 Å². The van der Waals surface area contributed by atoms with Gasteiger partial charge in [-0.15, -0.1) is 5.10 Å². The summed E-state index contributed by atoms with van der Waals surface area (Å²) in [5.74, 6) is 0.681. The Labute approximate surface area is 113 Å². The van der Waals surface area contributed by atoms with Crippen molar-refractivity contribution < 1.29 is 9.15 Å². The topological polar surface area (TPSA) is 63.4 Å². The lowest BCUT2D eigenvalue weighted by molar-refractivity contribution is 0.0516. The van der Waals surface area contributed by atoms with Gasteiger partial charge in [0.25, 0.3) is 0 Å². The molecule has 1 unspecified atom stereocenters. The van der Waals surface area contributed by atoms with Crippen LogP contribution in [-0.4, -0.2) is 42.0 Å². The number of aromatic nitrogens is 2. The Balaban J connectivity index is 1.54. The van der Waals surface area contributed by atoms with Crippen molar-refractivity contribution in [3.05, 3.63) is 5.89 Å². The Bertz CT molecular complexity index is 403. The third-order valence-corrected chi connectivity index (χ3v) is 3.63. The zero-order valence-electron chi connectivity index (χ0n) is 11.5. The van der Waals surface area contributed by atoms with E-state index in [1.54, 1.807) is 0 Å². The van der Waals surface area contributed by atoms with Crippen molar-refractivity contribution in [1.82, 2.24) is 15.5 Å². The van der Waals surface area contributed by atoms with Crippen molar-refractivity contribution in [3.8, 4) is 0 Å². The van der Waals surface area contributed by atoms with Crippen LogP contribution in [0.15, 0.2) is 4.42 Å². The lowest BCUT2D eigenvalue weighted by Crippen LogP contribution is -2.39. The minimum atomic E-state index is 0.290. The monoisotopic (exact) mass is 266 g/mol. The van der Waals surface area contributed by atoms with Crippen molar-refractivity contribution in [3.63, 3.8) is 0 Å². The molecule has 6 nitrogen and oxygen atoms in total. The molecular weight excluding hydrogens is 244 g/mol. The smallest absolute Gasteiger partial charge is 0.318 e. The maximum Gasteiger partial charge on any atom is 0.318 e. The summed E-state index contributed by atoms with van der Waals surface area (Å²) in [6, 6.07) is 1.30. The van der Waals surface area contributed by atoms with Crippen LogP contribution in [0.25, 0.3) is 0 Å². The van der Waals surface area contributed by atoms with E-state index in [9.17, 15) is 0 Å². The summed E-state index contributed by atoms with van der Waals surface area (Å²) in [4.78, 5) is 2.14. The van der Waals surface area contributed by atoms with E-state index in [-0.39, 0.29) is 0 Å². The second-order valence-electron chi connectivity index (χ2n) is 5.30. The molecule has 1 aliphatic heterocycles. The zero-order valence-corrected chi connectivity index (χ0v) is 11.5. The van der Waals surface area contributed by atoms with Crippen LogP contribution in [0, 0.1) is 0 Å². The molecule has 0 radical (unpaired) electrons. The van der Waals surface area contributed by atoms with E-state index in [1.165, 1.54) is 12.8 Å². The first-order valence-electron chi connectivity index (χ1n) is 7.27. The minimum Gasteiger partial charge on any atom is -0.407 e. The fourth-order valence-corrected chi connectivity index (χ4v) is 2.45. The summed E-state index contributed by atoms with van der Waals surface area (Å²) >= 11 is 0. The number of nitrogens with one attached hydrogen (secondary N) is 1. The van der Waals surface area contributed by atoms with Gasteiger partial charge in [0.1, 0.15) is 0 Å². The van der Waals surface area contributed by atoms with E-state index < -0.39 is 0 Å². The quantitative estimate of drug-likeness (QED) is 0.838. The highest BCUT2D eigenvalue weighted by atomic mass is 16.5. The molecule has 1 aliphatic carbocycles. The Kier molecular flexibility index (Phi) is 3.98. The van der Waals surface area contributed by atoms with Crippen LogP contribution in [0.2, 0.25) is 0 Å². The molecule has 1 saturated heterocycles. The molecule has 0 aromatic carbocycles. The molecule has 3 rings (SSSR count). The molecule has 106 valence electrons. The first kappa shape index (κ1) is 12.9. The third kappa shape index (κ3) is 3.45. The number of hydrogen-bond acceptors (Lipinski definition) is 6. The van der Waals surface area contributed by atoms with Gasteiger partial charge in [-0.25, -0.2) is 0 Å². The number of nitrogens with zero attached hydrogens (tertiary/aromatic N) is 3. The molecule has 0 amide bonds. The fraction of sp³-hybridized carbons (Fsp3) is 0.846. The molecule has 0 spiro atoms. The van der Waals surface area contributed by atoms with Crippen LogP contribution in [0.4, 0.5) is 6.01 Å². The van der Waals surface area contributed by atoms with E-state index in [4.69, 9.17) is 9.15 Å². The largest absolute Gasteiger partial charge is 0.407 e. The summed E-state index contributed by atoms with van der Waals surface area (Å²) < 4.78 is 11.4. The maximum atomic E-state index is 5.71. The highest BCUT2D eigenvalue weighted by molar-refractivity contribution is 5.25. The van der Waals surface area contributed by atoms with Crippen molar-refractivity contribution >= 4 is 6.01 Å². The SMILES string of the molecule is CCOC1CCCN(c2nnc(CNC3CC3)o2)C1. The van der Waals surface area contributed by atoms with E-state index >= 15 is 0 Å². The molecular formula is C13H22N4O2. The van der Waals surface area contributed by atoms with E-state index in [0.717, 1.165) is 32.5 Å². The van der Waals surface area contributed by atoms with Gasteiger partial charge in [0.05, 0.1) is 12.6 Å². The van der Waals surface area contributed by atoms with Crippen LogP contribution < -0.4 is 10.2 Å². The van der Waals surface area contributed by atoms with E-state index in [1.807, 2.05) is 6.92 Å². The number of hydrogen-bond donors (Lipinski definition) is 1. The molecule has 1 N–H and O–H groups in total. The molecule has 1 atom stereocenters. The Morgan fingerprint density at radius 2 is 2.26 bits per heavy atom. The molecule has 6 heteroatoms. The molecule has 1 saturated carbocycles. The number of piperidine rings is 1. The average molecular weight is 266 g/mol. The van der Waals surface area contributed by atoms with Gasteiger partial charge < -0.3 is 19.4 Å².